The zero-order chi connectivity index (χ0) is 31.0. The minimum absolute atomic E-state index is 0.0863. The van der Waals surface area contributed by atoms with Crippen LogP contribution in [0.5, 0.6) is 0 Å². The topological polar surface area (TPSA) is 211 Å². The zero-order valence-electron chi connectivity index (χ0n) is 21.9. The molecule has 6 unspecified atom stereocenters. The highest BCUT2D eigenvalue weighted by Gasteiger charge is 2.89. The zero-order valence-corrected chi connectivity index (χ0v) is 25.5. The molecule has 2 aromatic heterocycles. The van der Waals surface area contributed by atoms with Crippen molar-refractivity contribution in [1.82, 2.24) is 19.1 Å². The molecule has 2 aliphatic carbocycles. The van der Waals surface area contributed by atoms with Gasteiger partial charge >= 0.3 is 25.0 Å². The molecule has 0 amide bonds. The van der Waals surface area contributed by atoms with Crippen LogP contribution in [0, 0.1) is 0 Å². The number of thiol groups is 2. The van der Waals surface area contributed by atoms with Crippen molar-refractivity contribution >= 4 is 49.7 Å². The number of nitrogens with zero attached hydrogens (tertiary/aromatic N) is 4. The number of hydrogen-bond acceptors (Lipinski definition) is 14. The maximum absolute atomic E-state index is 16.8. The van der Waals surface area contributed by atoms with Gasteiger partial charge < -0.3 is 20.9 Å². The third-order valence-corrected chi connectivity index (χ3v) is 11.7. The molecule has 11 atom stereocenters. The highest BCUT2D eigenvalue weighted by Crippen LogP contribution is 2.74. The molecule has 3 aliphatic heterocycles. The number of nitrogens with two attached hydrogens (primary N) is 2. The SMILES string of the molecule is CC12O[C@@H]3CO[P@@](=O)(S)OC4[C@@H](CO[P@@](=O)(S)OC3C1(F)[C@@H]2n1ccc(N)nc1=O)OC1(n2ccc(N)nc2=O)CC41F. The molecule has 4 N–H and O–H groups in total. The van der Waals surface area contributed by atoms with E-state index < -0.39 is 97.7 Å². The molecular weight excluding hydrogens is 660 g/mol. The summed E-state index contributed by atoms with van der Waals surface area (Å²) in [6, 6.07) is 1.24. The summed E-state index contributed by atoms with van der Waals surface area (Å²) in [7, 11) is 0. The number of rotatable bonds is 2. The van der Waals surface area contributed by atoms with E-state index in [0.717, 1.165) is 9.13 Å². The Kier molecular flexibility index (Phi) is 6.32. The van der Waals surface area contributed by atoms with Gasteiger partial charge in [0.1, 0.15) is 47.7 Å². The monoisotopic (exact) mass is 684 g/mol. The Morgan fingerprint density at radius 1 is 0.930 bits per heavy atom. The van der Waals surface area contributed by atoms with Crippen molar-refractivity contribution in [3.05, 3.63) is 45.5 Å². The van der Waals surface area contributed by atoms with Crippen LogP contribution in [-0.2, 0) is 42.4 Å². The van der Waals surface area contributed by atoms with Crippen LogP contribution in [0.3, 0.4) is 0 Å². The second-order valence-corrected chi connectivity index (χ2v) is 16.8. The Morgan fingerprint density at radius 3 is 2.09 bits per heavy atom. The van der Waals surface area contributed by atoms with Gasteiger partial charge in [0.2, 0.25) is 0 Å². The van der Waals surface area contributed by atoms with Crippen LogP contribution < -0.4 is 22.8 Å². The van der Waals surface area contributed by atoms with E-state index in [1.165, 1.54) is 31.5 Å². The molecule has 0 radical (unpaired) electrons. The first-order valence-electron chi connectivity index (χ1n) is 12.7. The lowest BCUT2D eigenvalue weighted by Crippen LogP contribution is -2.42. The normalized spacial score (nSPS) is 48.6. The van der Waals surface area contributed by atoms with Crippen molar-refractivity contribution in [3.8, 4) is 0 Å². The molecule has 3 saturated heterocycles. The number of anilines is 2. The molecule has 7 rings (SSSR count). The highest BCUT2D eigenvalue weighted by atomic mass is 32.7. The Labute approximate surface area is 250 Å². The van der Waals surface area contributed by atoms with Crippen molar-refractivity contribution in [1.29, 1.82) is 0 Å². The minimum Gasteiger partial charge on any atom is -0.383 e. The molecule has 2 saturated carbocycles. The summed E-state index contributed by atoms with van der Waals surface area (Å²) >= 11 is 7.95. The predicted molar refractivity (Wildman–Crippen MR) is 148 cm³/mol. The Balaban J connectivity index is 1.20. The van der Waals surface area contributed by atoms with Gasteiger partial charge in [-0.05, 0) is 19.1 Å². The van der Waals surface area contributed by atoms with E-state index in [-0.39, 0.29) is 11.6 Å². The fourth-order valence-corrected chi connectivity index (χ4v) is 9.48. The predicted octanol–water partition coefficient (Wildman–Crippen LogP) is 1.14. The lowest BCUT2D eigenvalue weighted by molar-refractivity contribution is -0.0915. The quantitative estimate of drug-likeness (QED) is 0.258. The van der Waals surface area contributed by atoms with E-state index >= 15 is 8.78 Å². The number of ether oxygens (including phenoxy) is 2. The second kappa shape index (κ2) is 9.11. The largest absolute Gasteiger partial charge is 0.386 e. The van der Waals surface area contributed by atoms with Crippen molar-refractivity contribution < 1.29 is 45.5 Å². The molecule has 16 nitrogen and oxygen atoms in total. The van der Waals surface area contributed by atoms with Crippen LogP contribution in [0.25, 0.3) is 0 Å². The van der Waals surface area contributed by atoms with Gasteiger partial charge in [0.15, 0.2) is 17.1 Å². The summed E-state index contributed by atoms with van der Waals surface area (Å²) in [6.07, 6.45) is -4.29. The summed E-state index contributed by atoms with van der Waals surface area (Å²) in [5, 5.41) is 0. The molecule has 0 aromatic carbocycles. The smallest absolute Gasteiger partial charge is 0.383 e. The van der Waals surface area contributed by atoms with Gasteiger partial charge in [-0.15, -0.1) is 0 Å². The van der Waals surface area contributed by atoms with E-state index in [0.29, 0.717) is 0 Å². The van der Waals surface area contributed by atoms with Gasteiger partial charge in [-0.2, -0.15) is 9.97 Å². The van der Waals surface area contributed by atoms with Crippen LogP contribution in [0.15, 0.2) is 34.1 Å². The fourth-order valence-electron chi connectivity index (χ4n) is 6.51. The van der Waals surface area contributed by atoms with Crippen molar-refractivity contribution in [2.24, 2.45) is 0 Å². The van der Waals surface area contributed by atoms with Gasteiger partial charge in [-0.1, -0.05) is 24.5 Å². The number of hydrogen-bond donors (Lipinski definition) is 4. The van der Waals surface area contributed by atoms with Crippen molar-refractivity contribution in [3.63, 3.8) is 0 Å². The third kappa shape index (κ3) is 4.18. The molecule has 234 valence electrons. The number of aromatic nitrogens is 4. The van der Waals surface area contributed by atoms with E-state index in [9.17, 15) is 18.7 Å². The maximum Gasteiger partial charge on any atom is 0.386 e. The van der Waals surface area contributed by atoms with E-state index in [1.54, 1.807) is 0 Å². The van der Waals surface area contributed by atoms with Crippen molar-refractivity contribution in [2.75, 3.05) is 24.7 Å². The van der Waals surface area contributed by atoms with Gasteiger partial charge in [0.05, 0.1) is 13.2 Å². The molecule has 5 fully saturated rings. The molecule has 2 aromatic rings. The lowest BCUT2D eigenvalue weighted by Gasteiger charge is -2.31. The first-order valence-corrected chi connectivity index (χ1v) is 18.1. The standard InChI is InChI=1S/C21H24F2N6O10P2S2/c1-18-15(28-4-2-11(24)26-16(28)30)21(18,23)14-10(36-18)7-35-40(32,42)38-13-9(6-34-41(33,43)39-14)37-20(8-19(13,20)22)29-5-3-12(25)27-17(29)31/h2-5,9-10,13-15H,6-8H2,1H3,(H,32,42)(H,33,43)(H2,24,26,30)(H2,25,27,31)/t9-,10-,13?,14?,15-,18?,19?,20?,21?,40-,41-/m1/s1. The Morgan fingerprint density at radius 2 is 1.49 bits per heavy atom. The number of alkyl halides is 2. The van der Waals surface area contributed by atoms with Gasteiger partial charge in [-0.25, -0.2) is 27.5 Å². The molecule has 0 spiro atoms. The molecule has 5 heterocycles. The maximum atomic E-state index is 16.8. The summed E-state index contributed by atoms with van der Waals surface area (Å²) in [4.78, 5) is 32.2. The molecule has 0 bridgehead atoms. The Hall–Kier alpha value is -1.86. The summed E-state index contributed by atoms with van der Waals surface area (Å²) in [6.45, 7) is -9.02. The second-order valence-electron chi connectivity index (χ2n) is 11.0. The van der Waals surface area contributed by atoms with Gasteiger partial charge in [-0.3, -0.25) is 27.2 Å². The van der Waals surface area contributed by atoms with Gasteiger partial charge in [0, 0.05) is 18.8 Å². The highest BCUT2D eigenvalue weighted by molar-refractivity contribution is 8.44. The first-order chi connectivity index (χ1) is 20.0. The summed E-state index contributed by atoms with van der Waals surface area (Å²) in [5.41, 5.74) is 0.670. The summed E-state index contributed by atoms with van der Waals surface area (Å²) < 4.78 is 95.3. The average Bonchev–Trinajstić information content (AvgIpc) is 3.59. The summed E-state index contributed by atoms with van der Waals surface area (Å²) in [5.74, 6) is -0.199. The average molecular weight is 685 g/mol. The van der Waals surface area contributed by atoms with Gasteiger partial charge in [0.25, 0.3) is 0 Å². The van der Waals surface area contributed by atoms with Crippen LogP contribution in [0.2, 0.25) is 0 Å². The number of nitrogen functional groups attached to an aromatic ring is 2. The minimum atomic E-state index is -4.50. The van der Waals surface area contributed by atoms with Crippen LogP contribution in [0.4, 0.5) is 20.4 Å². The van der Waals surface area contributed by atoms with E-state index in [4.69, 9.17) is 39.0 Å². The molecular formula is C21H24F2N6O10P2S2. The molecule has 5 aliphatic rings. The van der Waals surface area contributed by atoms with E-state index in [1.807, 2.05) is 0 Å². The number of fused-ring (bicyclic) bond motifs is 6. The van der Waals surface area contributed by atoms with Crippen LogP contribution in [0.1, 0.15) is 19.4 Å². The number of halogens is 2. The fraction of sp³-hybridized carbons (Fsp3) is 0.619. The molecule has 43 heavy (non-hydrogen) atoms. The molecule has 22 heteroatoms. The lowest BCUT2D eigenvalue weighted by atomic mass is 10.1. The van der Waals surface area contributed by atoms with E-state index in [2.05, 4.69) is 34.5 Å². The van der Waals surface area contributed by atoms with Crippen LogP contribution in [-0.4, -0.2) is 73.7 Å². The Bertz CT molecular complexity index is 1770. The van der Waals surface area contributed by atoms with Crippen molar-refractivity contribution in [2.45, 2.75) is 66.5 Å². The first kappa shape index (κ1) is 29.8. The van der Waals surface area contributed by atoms with Crippen LogP contribution >= 0.6 is 38.1 Å². The third-order valence-electron chi connectivity index (χ3n) is 8.54.